The smallest absolute Gasteiger partial charge is 0.251 e. The summed E-state index contributed by atoms with van der Waals surface area (Å²) in [7, 11) is 0. The number of aromatic nitrogens is 4. The number of pyridine rings is 2. The van der Waals surface area contributed by atoms with Gasteiger partial charge in [0.25, 0.3) is 5.56 Å². The molecular weight excluding hydrogens is 326 g/mol. The van der Waals surface area contributed by atoms with Gasteiger partial charge in [-0.2, -0.15) is 0 Å². The average Bonchev–Trinajstić information content (AvgIpc) is 3.16. The number of hydrogen-bond donors (Lipinski definition) is 1. The van der Waals surface area contributed by atoms with Crippen molar-refractivity contribution in [2.24, 2.45) is 5.92 Å². The predicted octanol–water partition coefficient (Wildman–Crippen LogP) is 2.25. The van der Waals surface area contributed by atoms with Gasteiger partial charge in [-0.05, 0) is 30.0 Å². The summed E-state index contributed by atoms with van der Waals surface area (Å²) in [5.41, 5.74) is 3.24. The lowest BCUT2D eigenvalue weighted by Crippen LogP contribution is -2.46. The van der Waals surface area contributed by atoms with E-state index in [-0.39, 0.29) is 5.56 Å². The molecule has 0 amide bonds. The predicted molar refractivity (Wildman–Crippen MR) is 98.6 cm³/mol. The fourth-order valence-corrected chi connectivity index (χ4v) is 4.48. The summed E-state index contributed by atoms with van der Waals surface area (Å²) >= 11 is 0. The monoisotopic (exact) mass is 347 g/mol. The van der Waals surface area contributed by atoms with E-state index in [4.69, 9.17) is 0 Å². The number of rotatable bonds is 3. The van der Waals surface area contributed by atoms with Crippen molar-refractivity contribution in [2.45, 2.75) is 25.4 Å². The van der Waals surface area contributed by atoms with Crippen molar-refractivity contribution >= 4 is 0 Å². The van der Waals surface area contributed by atoms with E-state index < -0.39 is 0 Å². The third-order valence-corrected chi connectivity index (χ3v) is 5.56. The second-order valence-corrected chi connectivity index (χ2v) is 7.39. The van der Waals surface area contributed by atoms with Crippen LogP contribution in [0, 0.1) is 5.92 Å². The number of H-pyrrole nitrogens is 1. The molecule has 0 spiro atoms. The first-order chi connectivity index (χ1) is 12.8. The van der Waals surface area contributed by atoms with Crippen molar-refractivity contribution < 1.29 is 0 Å². The van der Waals surface area contributed by atoms with Gasteiger partial charge in [0.2, 0.25) is 0 Å². The van der Waals surface area contributed by atoms with Crippen LogP contribution in [-0.4, -0.2) is 37.5 Å². The Bertz CT molecular complexity index is 964. The van der Waals surface area contributed by atoms with Crippen molar-refractivity contribution in [1.82, 2.24) is 24.4 Å². The number of nitrogens with zero attached hydrogens (tertiary/aromatic N) is 4. The Morgan fingerprint density at radius 2 is 2.12 bits per heavy atom. The quantitative estimate of drug-likeness (QED) is 0.789. The summed E-state index contributed by atoms with van der Waals surface area (Å²) in [6, 6.07) is 7.86. The highest BCUT2D eigenvalue weighted by atomic mass is 16.1. The van der Waals surface area contributed by atoms with E-state index in [1.165, 1.54) is 0 Å². The molecule has 1 fully saturated rings. The van der Waals surface area contributed by atoms with Gasteiger partial charge in [-0.25, -0.2) is 4.98 Å². The molecule has 2 aliphatic rings. The van der Waals surface area contributed by atoms with Crippen molar-refractivity contribution in [1.29, 1.82) is 0 Å². The van der Waals surface area contributed by atoms with E-state index in [0.717, 1.165) is 55.2 Å². The zero-order chi connectivity index (χ0) is 17.5. The molecule has 3 aromatic rings. The molecule has 0 radical (unpaired) electrons. The van der Waals surface area contributed by atoms with Crippen LogP contribution in [0.5, 0.6) is 0 Å². The number of aromatic amines is 1. The minimum Gasteiger partial charge on any atom is -0.348 e. The standard InChI is InChI=1S/C20H21N5O/c26-20-8-16(15-2-1-3-21-9-15)7-18-17-6-14(11-25(18)20)10-24(12-17)13-19-22-4-5-23-19/h1-5,7-9,14,17H,6,10-13H2,(H,22,23)/t14-,17+/m0/s1. The molecule has 5 rings (SSSR count). The van der Waals surface area contributed by atoms with Gasteiger partial charge in [0.1, 0.15) is 5.82 Å². The molecule has 1 N–H and O–H groups in total. The van der Waals surface area contributed by atoms with E-state index in [2.05, 4.69) is 25.9 Å². The first-order valence-corrected chi connectivity index (χ1v) is 9.12. The van der Waals surface area contributed by atoms with Crippen molar-refractivity contribution in [3.05, 3.63) is 70.9 Å². The first-order valence-electron chi connectivity index (χ1n) is 9.12. The second-order valence-electron chi connectivity index (χ2n) is 7.39. The largest absolute Gasteiger partial charge is 0.348 e. The van der Waals surface area contributed by atoms with Gasteiger partial charge in [-0.15, -0.1) is 0 Å². The highest BCUT2D eigenvalue weighted by molar-refractivity contribution is 5.62. The summed E-state index contributed by atoms with van der Waals surface area (Å²) in [4.78, 5) is 26.9. The van der Waals surface area contributed by atoms with E-state index in [0.29, 0.717) is 11.8 Å². The van der Waals surface area contributed by atoms with Gasteiger partial charge in [-0.1, -0.05) is 6.07 Å². The SMILES string of the molecule is O=c1cc(-c2cccnc2)cc2n1C[C@H]1C[C@@H]2CN(Cc2ncc[nH]2)C1. The summed E-state index contributed by atoms with van der Waals surface area (Å²) in [6.45, 7) is 3.64. The zero-order valence-electron chi connectivity index (χ0n) is 14.5. The molecule has 3 aromatic heterocycles. The maximum atomic E-state index is 12.7. The Kier molecular flexibility index (Phi) is 3.71. The molecule has 6 heteroatoms. The summed E-state index contributed by atoms with van der Waals surface area (Å²) in [6.07, 6.45) is 8.41. The molecule has 2 aliphatic heterocycles. The maximum absolute atomic E-state index is 12.7. The molecule has 5 heterocycles. The van der Waals surface area contributed by atoms with Gasteiger partial charge < -0.3 is 9.55 Å². The second kappa shape index (κ2) is 6.21. The van der Waals surface area contributed by atoms with Crippen molar-refractivity contribution in [3.8, 4) is 11.1 Å². The van der Waals surface area contributed by atoms with E-state index in [1.807, 2.05) is 29.1 Å². The van der Waals surface area contributed by atoms with Crippen LogP contribution in [0.4, 0.5) is 0 Å². The van der Waals surface area contributed by atoms with Crippen LogP contribution in [0.3, 0.4) is 0 Å². The molecular formula is C20H21N5O. The van der Waals surface area contributed by atoms with Gasteiger partial charge in [-0.3, -0.25) is 14.7 Å². The normalized spacial score (nSPS) is 22.2. The van der Waals surface area contributed by atoms with E-state index >= 15 is 0 Å². The first kappa shape index (κ1) is 15.5. The molecule has 2 atom stereocenters. The van der Waals surface area contributed by atoms with Crippen LogP contribution in [0.15, 0.2) is 53.8 Å². The topological polar surface area (TPSA) is 66.8 Å². The summed E-state index contributed by atoms with van der Waals surface area (Å²) in [5.74, 6) is 1.92. The number of hydrogen-bond acceptors (Lipinski definition) is 4. The third-order valence-electron chi connectivity index (χ3n) is 5.56. The molecule has 6 nitrogen and oxygen atoms in total. The Balaban J connectivity index is 1.48. The summed E-state index contributed by atoms with van der Waals surface area (Å²) in [5, 5.41) is 0. The molecule has 0 aliphatic carbocycles. The highest BCUT2D eigenvalue weighted by Crippen LogP contribution is 2.36. The van der Waals surface area contributed by atoms with Crippen LogP contribution in [0.1, 0.15) is 23.9 Å². The van der Waals surface area contributed by atoms with Gasteiger partial charge in [0.15, 0.2) is 0 Å². The fraction of sp³-hybridized carbons (Fsp3) is 0.350. The highest BCUT2D eigenvalue weighted by Gasteiger charge is 2.35. The zero-order valence-corrected chi connectivity index (χ0v) is 14.5. The summed E-state index contributed by atoms with van der Waals surface area (Å²) < 4.78 is 1.99. The van der Waals surface area contributed by atoms with Crippen LogP contribution in [0.25, 0.3) is 11.1 Å². The van der Waals surface area contributed by atoms with E-state index in [9.17, 15) is 4.79 Å². The molecule has 0 unspecified atom stereocenters. The van der Waals surface area contributed by atoms with Crippen LogP contribution in [-0.2, 0) is 13.1 Å². The van der Waals surface area contributed by atoms with Gasteiger partial charge in [0, 0.05) is 67.7 Å². The van der Waals surface area contributed by atoms with Crippen LogP contribution in [0.2, 0.25) is 0 Å². The Labute approximate surface area is 151 Å². The lowest BCUT2D eigenvalue weighted by Gasteiger charge is -2.42. The Hall–Kier alpha value is -2.73. The van der Waals surface area contributed by atoms with Crippen molar-refractivity contribution in [2.75, 3.05) is 13.1 Å². The molecule has 1 saturated heterocycles. The van der Waals surface area contributed by atoms with Crippen LogP contribution < -0.4 is 5.56 Å². The number of fused-ring (bicyclic) bond motifs is 4. The lowest BCUT2D eigenvalue weighted by atomic mass is 9.82. The number of imidazole rings is 1. The Morgan fingerprint density at radius 3 is 2.92 bits per heavy atom. The minimum absolute atomic E-state index is 0.107. The average molecular weight is 347 g/mol. The molecule has 0 aromatic carbocycles. The number of nitrogens with one attached hydrogen (secondary N) is 1. The van der Waals surface area contributed by atoms with Crippen molar-refractivity contribution in [3.63, 3.8) is 0 Å². The van der Waals surface area contributed by atoms with Gasteiger partial charge >= 0.3 is 0 Å². The third kappa shape index (κ3) is 2.76. The molecule has 26 heavy (non-hydrogen) atoms. The Morgan fingerprint density at radius 1 is 1.15 bits per heavy atom. The molecule has 2 bridgehead atoms. The van der Waals surface area contributed by atoms with Gasteiger partial charge in [0.05, 0.1) is 6.54 Å². The molecule has 132 valence electrons. The fourth-order valence-electron chi connectivity index (χ4n) is 4.48. The molecule has 0 saturated carbocycles. The number of likely N-dealkylation sites (tertiary alicyclic amines) is 1. The minimum atomic E-state index is 0.107. The van der Waals surface area contributed by atoms with Crippen LogP contribution >= 0.6 is 0 Å². The van der Waals surface area contributed by atoms with E-state index in [1.54, 1.807) is 18.5 Å². The maximum Gasteiger partial charge on any atom is 0.251 e. The number of piperidine rings is 1. The lowest BCUT2D eigenvalue weighted by molar-refractivity contribution is 0.112.